The summed E-state index contributed by atoms with van der Waals surface area (Å²) in [5.74, 6) is 0. The van der Waals surface area contributed by atoms with E-state index in [4.69, 9.17) is 13.5 Å². The van der Waals surface area contributed by atoms with Crippen molar-refractivity contribution in [3.63, 3.8) is 0 Å². The molecule has 0 saturated carbocycles. The molecular formula is C30H20IrN3OS-. The van der Waals surface area contributed by atoms with Crippen molar-refractivity contribution in [1.82, 2.24) is 15.0 Å². The molecule has 36 heavy (non-hydrogen) atoms. The van der Waals surface area contributed by atoms with Gasteiger partial charge in [0.1, 0.15) is 10.4 Å². The Morgan fingerprint density at radius 3 is 2.61 bits per heavy atom. The maximum absolute atomic E-state index is 7.54. The second kappa shape index (κ2) is 10.5. The van der Waals surface area contributed by atoms with Crippen molar-refractivity contribution in [2.24, 2.45) is 0 Å². The molecule has 177 valence electrons. The third-order valence-electron chi connectivity index (χ3n) is 5.61. The second-order valence-corrected chi connectivity index (χ2v) is 8.73. The van der Waals surface area contributed by atoms with E-state index in [-0.39, 0.29) is 25.8 Å². The summed E-state index contributed by atoms with van der Waals surface area (Å²) in [4.78, 5) is 14.1. The molecule has 0 atom stereocenters. The first-order chi connectivity index (χ1) is 18.5. The van der Waals surface area contributed by atoms with Gasteiger partial charge < -0.3 is 9.40 Å². The van der Waals surface area contributed by atoms with Crippen molar-refractivity contribution in [3.05, 3.63) is 114 Å². The molecule has 4 nitrogen and oxygen atoms in total. The van der Waals surface area contributed by atoms with Gasteiger partial charge in [0.15, 0.2) is 0 Å². The van der Waals surface area contributed by atoms with Crippen LogP contribution in [0.5, 0.6) is 0 Å². The standard InChI is InChI=1S/C19H12N2OS.C11H8N.Ir/c1-11-5-7-14-13-3-2-4-15(17(13)22-18(14)20-11)16-8-6-12-9-10-23-19(12)21-16;1-2-6-10(7-3-1)11-8-4-5-9-12-11;/h2-10H,1H3;1-6,8-9H;/q;-1;/i1D3;;. The van der Waals surface area contributed by atoms with Crippen LogP contribution in [-0.2, 0) is 20.1 Å². The van der Waals surface area contributed by atoms with Crippen molar-refractivity contribution >= 4 is 43.6 Å². The predicted octanol–water partition coefficient (Wildman–Crippen LogP) is 8.11. The Balaban J connectivity index is 0.000000200. The fourth-order valence-electron chi connectivity index (χ4n) is 3.95. The Bertz CT molecular complexity index is 1830. The molecule has 0 N–H and O–H groups in total. The number of aromatic nitrogens is 3. The van der Waals surface area contributed by atoms with Crippen molar-refractivity contribution < 1.29 is 28.6 Å². The smallest absolute Gasteiger partial charge is 0.227 e. The van der Waals surface area contributed by atoms with Crippen LogP contribution >= 0.6 is 11.3 Å². The van der Waals surface area contributed by atoms with Gasteiger partial charge in [0.05, 0.1) is 5.69 Å². The number of fused-ring (bicyclic) bond motifs is 4. The molecule has 0 aliphatic carbocycles. The predicted molar refractivity (Wildman–Crippen MR) is 143 cm³/mol. The number of hydrogen-bond acceptors (Lipinski definition) is 5. The maximum atomic E-state index is 7.54. The Morgan fingerprint density at radius 2 is 1.78 bits per heavy atom. The molecule has 0 aliphatic heterocycles. The molecule has 0 saturated heterocycles. The number of benzene rings is 2. The summed E-state index contributed by atoms with van der Waals surface area (Å²) >= 11 is 1.59. The molecule has 0 bridgehead atoms. The van der Waals surface area contributed by atoms with E-state index < -0.39 is 6.85 Å². The number of hydrogen-bond donors (Lipinski definition) is 0. The zero-order valence-electron chi connectivity index (χ0n) is 21.8. The van der Waals surface area contributed by atoms with Gasteiger partial charge in [-0.25, -0.2) is 9.97 Å². The number of pyridine rings is 3. The van der Waals surface area contributed by atoms with E-state index in [1.54, 1.807) is 23.6 Å². The Morgan fingerprint density at radius 1 is 0.833 bits per heavy atom. The average Bonchev–Trinajstić information content (AvgIpc) is 3.57. The topological polar surface area (TPSA) is 51.8 Å². The van der Waals surface area contributed by atoms with Crippen LogP contribution in [0.1, 0.15) is 9.81 Å². The largest absolute Gasteiger partial charge is 0.437 e. The van der Waals surface area contributed by atoms with Crippen LogP contribution in [0.25, 0.3) is 54.8 Å². The molecule has 0 unspecified atom stereocenters. The van der Waals surface area contributed by atoms with Crippen LogP contribution in [0.15, 0.2) is 107 Å². The number of aryl methyl sites for hydroxylation is 1. The third-order valence-corrected chi connectivity index (χ3v) is 6.43. The van der Waals surface area contributed by atoms with E-state index in [0.717, 1.165) is 43.5 Å². The average molecular weight is 666 g/mol. The van der Waals surface area contributed by atoms with E-state index in [0.29, 0.717) is 11.3 Å². The molecule has 1 radical (unpaired) electrons. The summed E-state index contributed by atoms with van der Waals surface area (Å²) in [6.45, 7) is -2.26. The fraction of sp³-hybridized carbons (Fsp3) is 0.0333. The first kappa shape index (κ1) is 20.5. The van der Waals surface area contributed by atoms with Gasteiger partial charge in [-0.3, -0.25) is 0 Å². The SMILES string of the molecule is [2H]C([2H])([2H])c1ccc2c(n1)oc1c(-c3ccc4ccsc4n3)cccc12.[Ir].[c-]1ccccc1-c1ccccn1. The normalized spacial score (nSPS) is 12.3. The molecule has 5 heterocycles. The van der Waals surface area contributed by atoms with Gasteiger partial charge in [0.2, 0.25) is 5.71 Å². The van der Waals surface area contributed by atoms with Crippen molar-refractivity contribution in [1.29, 1.82) is 0 Å². The van der Waals surface area contributed by atoms with E-state index in [1.807, 2.05) is 84.2 Å². The maximum Gasteiger partial charge on any atom is 0.227 e. The molecule has 0 aliphatic rings. The zero-order chi connectivity index (χ0) is 26.1. The van der Waals surface area contributed by atoms with E-state index in [1.165, 1.54) is 6.07 Å². The van der Waals surface area contributed by atoms with Gasteiger partial charge in [-0.15, -0.1) is 47.2 Å². The summed E-state index contributed by atoms with van der Waals surface area (Å²) in [5, 5.41) is 4.82. The number of para-hydroxylation sites is 1. The van der Waals surface area contributed by atoms with Crippen LogP contribution in [0.2, 0.25) is 0 Å². The summed E-state index contributed by atoms with van der Waals surface area (Å²) in [6.07, 6.45) is 1.79. The Kier molecular flexibility index (Phi) is 5.98. The first-order valence-electron chi connectivity index (χ1n) is 12.5. The molecule has 2 aromatic carbocycles. The van der Waals surface area contributed by atoms with Crippen molar-refractivity contribution in [2.75, 3.05) is 0 Å². The number of nitrogens with zero attached hydrogens (tertiary/aromatic N) is 3. The molecule has 7 rings (SSSR count). The fourth-order valence-corrected chi connectivity index (χ4v) is 4.72. The van der Waals surface area contributed by atoms with Crippen LogP contribution in [-0.4, -0.2) is 15.0 Å². The monoisotopic (exact) mass is 666 g/mol. The Hall–Kier alpha value is -3.70. The minimum absolute atomic E-state index is 0. The molecule has 0 amide bonds. The zero-order valence-corrected chi connectivity index (χ0v) is 22.0. The second-order valence-electron chi connectivity index (χ2n) is 7.84. The van der Waals surface area contributed by atoms with Crippen molar-refractivity contribution in [3.8, 4) is 22.5 Å². The summed E-state index contributed by atoms with van der Waals surface area (Å²) in [5.41, 5.74) is 4.73. The number of rotatable bonds is 2. The van der Waals surface area contributed by atoms with Crippen molar-refractivity contribution in [2.45, 2.75) is 6.85 Å². The number of thiophene rings is 1. The first-order valence-corrected chi connectivity index (χ1v) is 11.9. The minimum atomic E-state index is -2.26. The molecule has 5 aromatic heterocycles. The van der Waals surface area contributed by atoms with Crippen LogP contribution in [0.4, 0.5) is 0 Å². The molecule has 7 aromatic rings. The third kappa shape index (κ3) is 4.71. The Labute approximate surface area is 230 Å². The van der Waals surface area contributed by atoms with Gasteiger partial charge in [0.25, 0.3) is 0 Å². The summed E-state index contributed by atoms with van der Waals surface area (Å²) in [7, 11) is 0. The van der Waals surface area contributed by atoms with Gasteiger partial charge in [0, 0.05) is 57.8 Å². The van der Waals surface area contributed by atoms with Gasteiger partial charge >= 0.3 is 0 Å². The van der Waals surface area contributed by atoms with Gasteiger partial charge in [-0.05, 0) is 60.4 Å². The molecular weight excluding hydrogens is 643 g/mol. The molecule has 0 spiro atoms. The summed E-state index contributed by atoms with van der Waals surface area (Å²) < 4.78 is 28.6. The quantitative estimate of drug-likeness (QED) is 0.175. The minimum Gasteiger partial charge on any atom is -0.437 e. The summed E-state index contributed by atoms with van der Waals surface area (Å²) in [6, 6.07) is 32.0. The van der Waals surface area contributed by atoms with E-state index >= 15 is 0 Å². The van der Waals surface area contributed by atoms with Gasteiger partial charge in [-0.2, -0.15) is 0 Å². The van der Waals surface area contributed by atoms with Crippen LogP contribution in [0, 0.1) is 12.9 Å². The van der Waals surface area contributed by atoms with E-state index in [2.05, 4.69) is 16.0 Å². The number of furan rings is 1. The van der Waals surface area contributed by atoms with Crippen LogP contribution < -0.4 is 0 Å². The van der Waals surface area contributed by atoms with E-state index in [9.17, 15) is 0 Å². The van der Waals surface area contributed by atoms with Gasteiger partial charge in [-0.1, -0.05) is 24.3 Å². The molecule has 6 heteroatoms. The molecule has 0 fully saturated rings. The van der Waals surface area contributed by atoms with Crippen LogP contribution in [0.3, 0.4) is 0 Å².